The van der Waals surface area contributed by atoms with Crippen LogP contribution in [0.25, 0.3) is 99.9 Å². The van der Waals surface area contributed by atoms with Gasteiger partial charge in [0.25, 0.3) is 0 Å². The summed E-state index contributed by atoms with van der Waals surface area (Å²) in [6, 6.07) is 63.1. The molecule has 1 atom stereocenters. The molecule has 0 saturated carbocycles. The maximum atomic E-state index is 6.82. The molecule has 9 aromatic carbocycles. The van der Waals surface area contributed by atoms with Gasteiger partial charge in [-0.2, -0.15) is 0 Å². The van der Waals surface area contributed by atoms with Crippen LogP contribution in [0.5, 0.6) is 0 Å². The van der Waals surface area contributed by atoms with E-state index in [9.17, 15) is 0 Å². The number of rotatable bonds is 4. The van der Waals surface area contributed by atoms with Crippen molar-refractivity contribution in [2.75, 3.05) is 0 Å². The van der Waals surface area contributed by atoms with E-state index >= 15 is 0 Å². The van der Waals surface area contributed by atoms with Crippen LogP contribution >= 0.6 is 0 Å². The van der Waals surface area contributed by atoms with Crippen molar-refractivity contribution in [3.05, 3.63) is 216 Å². The van der Waals surface area contributed by atoms with Gasteiger partial charge in [-0.25, -0.2) is 0 Å². The van der Waals surface area contributed by atoms with Crippen molar-refractivity contribution >= 4 is 55.2 Å². The zero-order chi connectivity index (χ0) is 37.8. The lowest BCUT2D eigenvalue weighted by atomic mass is 9.69. The quantitative estimate of drug-likeness (QED) is 0.165. The molecule has 266 valence electrons. The van der Waals surface area contributed by atoms with E-state index in [1.165, 1.54) is 98.7 Å². The number of benzene rings is 9. The number of hydrogen-bond acceptors (Lipinski definition) is 1. The molecular formula is C56H36O. The summed E-state index contributed by atoms with van der Waals surface area (Å²) in [6.45, 7) is 6.30. The standard InChI is InChI=1S/C56H36O/c1-3-16-44-52(4-2)57-55-43-25-14-15-26-49(43)56(54(44)55)50-30-28-35-19-8-9-20-37(35)53(50)42-29-27-36(31-51(42)56)46-33-48-40-23-12-10-21-38(40)45(34-17-6-5-7-18-34)32-47(48)41-24-13-11-22-39(41)46/h3-33H,2H2,1H3/b16-3-. The molecule has 12 rings (SSSR count). The molecule has 1 nitrogen and oxygen atoms in total. The number of hydrogen-bond donors (Lipinski definition) is 0. The summed E-state index contributed by atoms with van der Waals surface area (Å²) in [6.07, 6.45) is 6.20. The molecule has 0 radical (unpaired) electrons. The topological polar surface area (TPSA) is 13.1 Å². The van der Waals surface area contributed by atoms with Crippen LogP contribution in [0.3, 0.4) is 0 Å². The van der Waals surface area contributed by atoms with Gasteiger partial charge in [0.15, 0.2) is 0 Å². The van der Waals surface area contributed by atoms with Crippen molar-refractivity contribution in [3.8, 4) is 44.7 Å². The van der Waals surface area contributed by atoms with E-state index in [4.69, 9.17) is 4.42 Å². The van der Waals surface area contributed by atoms with Gasteiger partial charge in [-0.3, -0.25) is 0 Å². The fourth-order valence-electron chi connectivity index (χ4n) is 10.5. The molecule has 10 aromatic rings. The van der Waals surface area contributed by atoms with E-state index in [1.54, 1.807) is 0 Å². The average molecular weight is 725 g/mol. The molecule has 0 bridgehead atoms. The lowest BCUT2D eigenvalue weighted by Crippen LogP contribution is -2.26. The third kappa shape index (κ3) is 4.18. The van der Waals surface area contributed by atoms with E-state index in [-0.39, 0.29) is 0 Å². The second kappa shape index (κ2) is 11.9. The molecular weight excluding hydrogens is 689 g/mol. The number of fused-ring (bicyclic) bond motifs is 17. The Kier molecular flexibility index (Phi) is 6.69. The Labute approximate surface area is 331 Å². The normalized spacial score (nSPS) is 15.2. The predicted molar refractivity (Wildman–Crippen MR) is 241 cm³/mol. The summed E-state index contributed by atoms with van der Waals surface area (Å²) in [5.74, 6) is 1.74. The van der Waals surface area contributed by atoms with Crippen LogP contribution < -0.4 is 0 Å². The summed E-state index contributed by atoms with van der Waals surface area (Å²) < 4.78 is 6.82. The first kappa shape index (κ1) is 32.1. The molecule has 0 amide bonds. The molecule has 1 aromatic heterocycles. The van der Waals surface area contributed by atoms with Gasteiger partial charge in [-0.1, -0.05) is 170 Å². The van der Waals surface area contributed by atoms with Crippen molar-refractivity contribution in [3.63, 3.8) is 0 Å². The van der Waals surface area contributed by atoms with E-state index < -0.39 is 5.41 Å². The van der Waals surface area contributed by atoms with Crippen molar-refractivity contribution in [2.45, 2.75) is 12.3 Å². The molecule has 1 heteroatoms. The molecule has 0 saturated heterocycles. The Bertz CT molecular complexity index is 3380. The largest absolute Gasteiger partial charge is 0.456 e. The molecule has 2 aliphatic rings. The van der Waals surface area contributed by atoms with Gasteiger partial charge >= 0.3 is 0 Å². The molecule has 1 unspecified atom stereocenters. The van der Waals surface area contributed by atoms with Crippen molar-refractivity contribution in [1.29, 1.82) is 0 Å². The zero-order valence-corrected chi connectivity index (χ0v) is 31.5. The zero-order valence-electron chi connectivity index (χ0n) is 31.5. The minimum atomic E-state index is -0.597. The maximum Gasteiger partial charge on any atom is 0.140 e. The van der Waals surface area contributed by atoms with Gasteiger partial charge in [0.1, 0.15) is 11.5 Å². The lowest BCUT2D eigenvalue weighted by molar-refractivity contribution is 0.570. The molecule has 2 aliphatic carbocycles. The van der Waals surface area contributed by atoms with E-state index in [0.29, 0.717) is 0 Å². The molecule has 0 fully saturated rings. The highest BCUT2D eigenvalue weighted by Crippen LogP contribution is 2.66. The van der Waals surface area contributed by atoms with Crippen LogP contribution in [0, 0.1) is 0 Å². The van der Waals surface area contributed by atoms with Crippen molar-refractivity contribution < 1.29 is 4.42 Å². The molecule has 0 N–H and O–H groups in total. The van der Waals surface area contributed by atoms with Crippen LogP contribution in [0.4, 0.5) is 0 Å². The van der Waals surface area contributed by atoms with E-state index in [2.05, 4.69) is 196 Å². The SMILES string of the molecule is C=Cc1oc2c(c1/C=C\C)C1(c3ccccc3-2)c2cc(-c3cc4c5ccccc5c(-c5ccccc5)cc4c4ccccc34)ccc2-c2c1ccc1ccccc21. The van der Waals surface area contributed by atoms with Crippen molar-refractivity contribution in [2.24, 2.45) is 0 Å². The molecule has 1 spiro atoms. The predicted octanol–water partition coefficient (Wildman–Crippen LogP) is 15.2. The van der Waals surface area contributed by atoms with E-state index in [0.717, 1.165) is 22.6 Å². The van der Waals surface area contributed by atoms with Crippen LogP contribution in [0.1, 0.15) is 40.5 Å². The lowest BCUT2D eigenvalue weighted by Gasteiger charge is -2.31. The third-order valence-electron chi connectivity index (χ3n) is 12.7. The first-order chi connectivity index (χ1) is 28.2. The van der Waals surface area contributed by atoms with Gasteiger partial charge in [0.05, 0.1) is 5.41 Å². The third-order valence-corrected chi connectivity index (χ3v) is 12.7. The Balaban J connectivity index is 1.21. The number of allylic oxidation sites excluding steroid dienone is 1. The summed E-state index contributed by atoms with van der Waals surface area (Å²) >= 11 is 0. The Hall–Kier alpha value is -7.22. The first-order valence-corrected chi connectivity index (χ1v) is 19.8. The molecule has 0 aliphatic heterocycles. The first-order valence-electron chi connectivity index (χ1n) is 19.8. The highest BCUT2D eigenvalue weighted by molar-refractivity contribution is 6.24. The summed E-state index contributed by atoms with van der Waals surface area (Å²) in [5.41, 5.74) is 14.2. The minimum absolute atomic E-state index is 0.597. The van der Waals surface area contributed by atoms with E-state index in [1.807, 2.05) is 6.08 Å². The summed E-state index contributed by atoms with van der Waals surface area (Å²) in [5, 5.41) is 10.1. The van der Waals surface area contributed by atoms with Crippen LogP contribution in [0.2, 0.25) is 0 Å². The van der Waals surface area contributed by atoms with Gasteiger partial charge in [-0.15, -0.1) is 0 Å². The Morgan fingerprint density at radius 1 is 0.474 bits per heavy atom. The monoisotopic (exact) mass is 724 g/mol. The maximum absolute atomic E-state index is 6.82. The van der Waals surface area contributed by atoms with Crippen molar-refractivity contribution in [1.82, 2.24) is 0 Å². The smallest absolute Gasteiger partial charge is 0.140 e. The van der Waals surface area contributed by atoms with Gasteiger partial charge in [-0.05, 0) is 124 Å². The summed E-state index contributed by atoms with van der Waals surface area (Å²) in [4.78, 5) is 0. The average Bonchev–Trinajstić information content (AvgIpc) is 3.89. The van der Waals surface area contributed by atoms with Crippen LogP contribution in [0.15, 0.2) is 187 Å². The molecule has 1 heterocycles. The Morgan fingerprint density at radius 3 is 1.82 bits per heavy atom. The highest BCUT2D eigenvalue weighted by atomic mass is 16.3. The fraction of sp³-hybridized carbons (Fsp3) is 0.0357. The van der Waals surface area contributed by atoms with Crippen LogP contribution in [-0.4, -0.2) is 0 Å². The second-order valence-electron chi connectivity index (χ2n) is 15.5. The highest BCUT2D eigenvalue weighted by Gasteiger charge is 2.55. The van der Waals surface area contributed by atoms with Crippen LogP contribution in [-0.2, 0) is 5.41 Å². The molecule has 57 heavy (non-hydrogen) atoms. The van der Waals surface area contributed by atoms with Gasteiger partial charge in [0, 0.05) is 16.7 Å². The Morgan fingerprint density at radius 2 is 1.11 bits per heavy atom. The number of furan rings is 1. The second-order valence-corrected chi connectivity index (χ2v) is 15.5. The van der Waals surface area contributed by atoms with Gasteiger partial charge in [0.2, 0.25) is 0 Å². The fourth-order valence-corrected chi connectivity index (χ4v) is 10.5. The minimum Gasteiger partial charge on any atom is -0.456 e. The van der Waals surface area contributed by atoms with Gasteiger partial charge < -0.3 is 4.42 Å². The summed E-state index contributed by atoms with van der Waals surface area (Å²) in [7, 11) is 0.